The standard InChI is InChI=1S/C13H17NO4S/c1-5-10(14(15)16)6-9-7-12(18-3)13(19-4)8-11(9)17-2/h6-8H,5H2,1-4H3. The highest BCUT2D eigenvalue weighted by atomic mass is 32.2. The van der Waals surface area contributed by atoms with Crippen LogP contribution >= 0.6 is 11.8 Å². The first kappa shape index (κ1) is 15.4. The molecule has 0 atom stereocenters. The Morgan fingerprint density at radius 3 is 2.42 bits per heavy atom. The molecule has 0 aliphatic heterocycles. The van der Waals surface area contributed by atoms with Gasteiger partial charge in [-0.05, 0) is 18.4 Å². The first-order valence-electron chi connectivity index (χ1n) is 5.72. The number of hydrogen-bond acceptors (Lipinski definition) is 5. The summed E-state index contributed by atoms with van der Waals surface area (Å²) in [6, 6.07) is 3.58. The number of benzene rings is 1. The van der Waals surface area contributed by atoms with Gasteiger partial charge < -0.3 is 9.47 Å². The van der Waals surface area contributed by atoms with Gasteiger partial charge in [0, 0.05) is 18.1 Å². The maximum atomic E-state index is 10.9. The van der Waals surface area contributed by atoms with Crippen molar-refractivity contribution in [2.24, 2.45) is 0 Å². The van der Waals surface area contributed by atoms with Gasteiger partial charge in [-0.15, -0.1) is 11.8 Å². The molecule has 0 aliphatic rings. The molecule has 0 aliphatic carbocycles. The molecule has 1 aromatic carbocycles. The van der Waals surface area contributed by atoms with Crippen molar-refractivity contribution >= 4 is 17.8 Å². The van der Waals surface area contributed by atoms with Gasteiger partial charge in [-0.25, -0.2) is 0 Å². The van der Waals surface area contributed by atoms with Crippen LogP contribution in [0.3, 0.4) is 0 Å². The van der Waals surface area contributed by atoms with E-state index >= 15 is 0 Å². The highest BCUT2D eigenvalue weighted by molar-refractivity contribution is 7.98. The molecular formula is C13H17NO4S. The molecule has 6 heteroatoms. The number of ether oxygens (including phenoxy) is 2. The summed E-state index contributed by atoms with van der Waals surface area (Å²) in [6.45, 7) is 1.74. The molecule has 19 heavy (non-hydrogen) atoms. The Morgan fingerprint density at radius 1 is 1.37 bits per heavy atom. The smallest absolute Gasteiger partial charge is 0.246 e. The van der Waals surface area contributed by atoms with Crippen molar-refractivity contribution < 1.29 is 14.4 Å². The Labute approximate surface area is 116 Å². The van der Waals surface area contributed by atoms with E-state index in [-0.39, 0.29) is 10.6 Å². The van der Waals surface area contributed by atoms with Gasteiger partial charge in [-0.2, -0.15) is 0 Å². The molecule has 0 saturated heterocycles. The summed E-state index contributed by atoms with van der Waals surface area (Å²) in [5, 5.41) is 10.9. The van der Waals surface area contributed by atoms with Gasteiger partial charge in [0.2, 0.25) is 5.70 Å². The van der Waals surface area contributed by atoms with Crippen molar-refractivity contribution in [3.8, 4) is 11.5 Å². The second kappa shape index (κ2) is 7.04. The van der Waals surface area contributed by atoms with Gasteiger partial charge in [0.15, 0.2) is 0 Å². The average Bonchev–Trinajstić information content (AvgIpc) is 2.43. The third kappa shape index (κ3) is 3.64. The molecule has 0 bridgehead atoms. The molecule has 0 saturated carbocycles. The zero-order chi connectivity index (χ0) is 14.4. The number of thioether (sulfide) groups is 1. The monoisotopic (exact) mass is 283 g/mol. The fourth-order valence-corrected chi connectivity index (χ4v) is 2.20. The summed E-state index contributed by atoms with van der Waals surface area (Å²) in [5.41, 5.74) is 0.781. The van der Waals surface area contributed by atoms with Crippen molar-refractivity contribution in [1.29, 1.82) is 0 Å². The van der Waals surface area contributed by atoms with Gasteiger partial charge >= 0.3 is 0 Å². The second-order valence-corrected chi connectivity index (χ2v) is 4.54. The van der Waals surface area contributed by atoms with Crippen LogP contribution in [-0.4, -0.2) is 25.4 Å². The summed E-state index contributed by atoms with van der Waals surface area (Å²) in [7, 11) is 3.12. The SMILES string of the molecule is CCC(=Cc1cc(OC)c(SC)cc1OC)[N+](=O)[O-]. The van der Waals surface area contributed by atoms with E-state index in [4.69, 9.17) is 9.47 Å². The van der Waals surface area contributed by atoms with Crippen molar-refractivity contribution in [3.05, 3.63) is 33.5 Å². The average molecular weight is 283 g/mol. The molecule has 1 rings (SSSR count). The summed E-state index contributed by atoms with van der Waals surface area (Å²) in [6.07, 6.45) is 3.80. The predicted octanol–water partition coefficient (Wildman–Crippen LogP) is 3.45. The predicted molar refractivity (Wildman–Crippen MR) is 76.6 cm³/mol. The highest BCUT2D eigenvalue weighted by Crippen LogP contribution is 2.35. The molecule has 0 N–H and O–H groups in total. The Hall–Kier alpha value is -1.69. The van der Waals surface area contributed by atoms with E-state index in [9.17, 15) is 10.1 Å². The van der Waals surface area contributed by atoms with Crippen LogP contribution in [0.15, 0.2) is 22.7 Å². The largest absolute Gasteiger partial charge is 0.496 e. The quantitative estimate of drug-likeness (QED) is 0.454. The van der Waals surface area contributed by atoms with Gasteiger partial charge in [0.05, 0.1) is 24.0 Å². The van der Waals surface area contributed by atoms with Crippen LogP contribution < -0.4 is 9.47 Å². The third-order valence-electron chi connectivity index (χ3n) is 2.65. The Morgan fingerprint density at radius 2 is 2.00 bits per heavy atom. The number of allylic oxidation sites excluding steroid dienone is 1. The summed E-state index contributed by atoms with van der Waals surface area (Å²) in [4.78, 5) is 11.4. The van der Waals surface area contributed by atoms with Crippen LogP contribution in [0.25, 0.3) is 6.08 Å². The molecule has 0 aromatic heterocycles. The number of rotatable bonds is 6. The van der Waals surface area contributed by atoms with E-state index in [1.807, 2.05) is 12.3 Å². The van der Waals surface area contributed by atoms with Crippen LogP contribution in [0, 0.1) is 10.1 Å². The molecule has 0 fully saturated rings. The van der Waals surface area contributed by atoms with Crippen molar-refractivity contribution in [2.75, 3.05) is 20.5 Å². The summed E-state index contributed by atoms with van der Waals surface area (Å²) in [5.74, 6) is 1.27. The van der Waals surface area contributed by atoms with Crippen LogP contribution in [-0.2, 0) is 0 Å². The summed E-state index contributed by atoms with van der Waals surface area (Å²) < 4.78 is 10.6. The molecule has 0 heterocycles. The Bertz CT molecular complexity index is 500. The van der Waals surface area contributed by atoms with Crippen LogP contribution in [0.2, 0.25) is 0 Å². The number of nitrogens with zero attached hydrogens (tertiary/aromatic N) is 1. The van der Waals surface area contributed by atoms with E-state index in [0.29, 0.717) is 23.5 Å². The Balaban J connectivity index is 3.37. The first-order chi connectivity index (χ1) is 9.07. The third-order valence-corrected chi connectivity index (χ3v) is 3.41. The van der Waals surface area contributed by atoms with Crippen LogP contribution in [0.4, 0.5) is 0 Å². The maximum Gasteiger partial charge on any atom is 0.246 e. The van der Waals surface area contributed by atoms with E-state index in [2.05, 4.69) is 0 Å². The van der Waals surface area contributed by atoms with E-state index in [1.54, 1.807) is 27.2 Å². The normalized spacial score (nSPS) is 11.3. The number of methoxy groups -OCH3 is 2. The fraction of sp³-hybridized carbons (Fsp3) is 0.385. The molecule has 0 unspecified atom stereocenters. The van der Waals surface area contributed by atoms with Crippen molar-refractivity contribution in [1.82, 2.24) is 0 Å². The van der Waals surface area contributed by atoms with Crippen LogP contribution in [0.5, 0.6) is 11.5 Å². The Kier molecular flexibility index (Phi) is 5.69. The molecular weight excluding hydrogens is 266 g/mol. The lowest BCUT2D eigenvalue weighted by Gasteiger charge is -2.11. The molecule has 0 amide bonds. The van der Waals surface area contributed by atoms with Crippen molar-refractivity contribution in [3.63, 3.8) is 0 Å². The fourth-order valence-electron chi connectivity index (χ4n) is 1.63. The topological polar surface area (TPSA) is 61.6 Å². The molecule has 104 valence electrons. The molecule has 5 nitrogen and oxygen atoms in total. The second-order valence-electron chi connectivity index (χ2n) is 3.70. The van der Waals surface area contributed by atoms with E-state index in [1.165, 1.54) is 17.8 Å². The lowest BCUT2D eigenvalue weighted by Crippen LogP contribution is -1.98. The minimum atomic E-state index is -0.381. The van der Waals surface area contributed by atoms with E-state index in [0.717, 1.165) is 4.90 Å². The number of nitro groups is 1. The molecule has 0 radical (unpaired) electrons. The summed E-state index contributed by atoms with van der Waals surface area (Å²) >= 11 is 1.53. The minimum absolute atomic E-state index is 0.136. The molecule has 0 spiro atoms. The van der Waals surface area contributed by atoms with Gasteiger partial charge in [0.25, 0.3) is 0 Å². The van der Waals surface area contributed by atoms with Crippen molar-refractivity contribution in [2.45, 2.75) is 18.2 Å². The lowest BCUT2D eigenvalue weighted by atomic mass is 10.1. The zero-order valence-corrected chi connectivity index (χ0v) is 12.2. The van der Waals surface area contributed by atoms with Gasteiger partial charge in [-0.3, -0.25) is 10.1 Å². The lowest BCUT2D eigenvalue weighted by molar-refractivity contribution is -0.425. The minimum Gasteiger partial charge on any atom is -0.496 e. The highest BCUT2D eigenvalue weighted by Gasteiger charge is 2.13. The number of hydrogen-bond donors (Lipinski definition) is 0. The first-order valence-corrected chi connectivity index (χ1v) is 6.94. The van der Waals surface area contributed by atoms with E-state index < -0.39 is 0 Å². The van der Waals surface area contributed by atoms with Gasteiger partial charge in [0.1, 0.15) is 11.5 Å². The maximum absolute atomic E-state index is 10.9. The zero-order valence-electron chi connectivity index (χ0n) is 11.4. The molecule has 1 aromatic rings. The van der Waals surface area contributed by atoms with Crippen LogP contribution in [0.1, 0.15) is 18.9 Å². The van der Waals surface area contributed by atoms with Gasteiger partial charge in [-0.1, -0.05) is 6.92 Å².